The van der Waals surface area contributed by atoms with Gasteiger partial charge in [0.2, 0.25) is 0 Å². The number of hydrogen-bond acceptors (Lipinski definition) is 2. The van der Waals surface area contributed by atoms with Crippen molar-refractivity contribution in [3.63, 3.8) is 0 Å². The smallest absolute Gasteiger partial charge is 0.0524 e. The fourth-order valence-electron chi connectivity index (χ4n) is 1.56. The van der Waals surface area contributed by atoms with Crippen molar-refractivity contribution < 1.29 is 0 Å². The van der Waals surface area contributed by atoms with Crippen molar-refractivity contribution in [2.75, 3.05) is 13.6 Å². The van der Waals surface area contributed by atoms with Gasteiger partial charge in [-0.1, -0.05) is 6.92 Å². The first-order valence-electron chi connectivity index (χ1n) is 4.94. The Hall–Kier alpha value is -0.830. The fourth-order valence-corrected chi connectivity index (χ4v) is 1.56. The van der Waals surface area contributed by atoms with E-state index in [9.17, 15) is 0 Å². The quantitative estimate of drug-likeness (QED) is 0.690. The van der Waals surface area contributed by atoms with Crippen LogP contribution in [0.15, 0.2) is 6.20 Å². The highest BCUT2D eigenvalue weighted by molar-refractivity contribution is 5.17. The van der Waals surface area contributed by atoms with Crippen molar-refractivity contribution in [1.82, 2.24) is 15.1 Å². The molecule has 1 N–H and O–H groups in total. The van der Waals surface area contributed by atoms with Gasteiger partial charge in [0.05, 0.1) is 6.20 Å². The third kappa shape index (κ3) is 2.56. The molecule has 0 fully saturated rings. The lowest BCUT2D eigenvalue weighted by molar-refractivity contribution is 0.656. The van der Waals surface area contributed by atoms with Gasteiger partial charge in [0.15, 0.2) is 0 Å². The van der Waals surface area contributed by atoms with Crippen LogP contribution in [0.4, 0.5) is 0 Å². The van der Waals surface area contributed by atoms with Crippen molar-refractivity contribution in [3.05, 3.63) is 17.5 Å². The summed E-state index contributed by atoms with van der Waals surface area (Å²) >= 11 is 0. The number of rotatable bonds is 5. The standard InChI is InChI=1S/C10H19N3/c1-4-9-8-12-13(3)10(9)6-5-7-11-2/h8,11H,4-7H2,1-3H3. The van der Waals surface area contributed by atoms with Gasteiger partial charge in [0.1, 0.15) is 0 Å². The second-order valence-corrected chi connectivity index (χ2v) is 3.30. The molecule has 1 heterocycles. The van der Waals surface area contributed by atoms with E-state index in [2.05, 4.69) is 17.3 Å². The average molecular weight is 181 g/mol. The summed E-state index contributed by atoms with van der Waals surface area (Å²) in [4.78, 5) is 0. The molecule has 3 heteroatoms. The summed E-state index contributed by atoms with van der Waals surface area (Å²) in [6.45, 7) is 3.26. The van der Waals surface area contributed by atoms with E-state index in [0.717, 1.165) is 19.4 Å². The van der Waals surface area contributed by atoms with Gasteiger partial charge in [-0.15, -0.1) is 0 Å². The Morgan fingerprint density at radius 2 is 2.31 bits per heavy atom. The van der Waals surface area contributed by atoms with Gasteiger partial charge < -0.3 is 5.32 Å². The van der Waals surface area contributed by atoms with Crippen LogP contribution in [0.25, 0.3) is 0 Å². The van der Waals surface area contributed by atoms with Crippen LogP contribution in [0.1, 0.15) is 24.6 Å². The zero-order valence-electron chi connectivity index (χ0n) is 8.80. The highest BCUT2D eigenvalue weighted by Crippen LogP contribution is 2.09. The molecule has 0 atom stereocenters. The molecule has 0 saturated heterocycles. The molecule has 0 radical (unpaired) electrons. The van der Waals surface area contributed by atoms with E-state index in [1.165, 1.54) is 17.7 Å². The monoisotopic (exact) mass is 181 g/mol. The lowest BCUT2D eigenvalue weighted by Crippen LogP contribution is -2.10. The summed E-state index contributed by atoms with van der Waals surface area (Å²) in [6, 6.07) is 0. The molecule has 0 unspecified atom stereocenters. The Morgan fingerprint density at radius 1 is 1.54 bits per heavy atom. The van der Waals surface area contributed by atoms with Crippen LogP contribution in [0.5, 0.6) is 0 Å². The number of aromatic nitrogens is 2. The van der Waals surface area contributed by atoms with E-state index in [-0.39, 0.29) is 0 Å². The van der Waals surface area contributed by atoms with Gasteiger partial charge in [-0.25, -0.2) is 0 Å². The van der Waals surface area contributed by atoms with Gasteiger partial charge in [-0.2, -0.15) is 5.10 Å². The molecule has 13 heavy (non-hydrogen) atoms. The lowest BCUT2D eigenvalue weighted by atomic mass is 10.1. The second-order valence-electron chi connectivity index (χ2n) is 3.30. The van der Waals surface area contributed by atoms with Crippen molar-refractivity contribution in [2.24, 2.45) is 7.05 Å². The fraction of sp³-hybridized carbons (Fsp3) is 0.700. The summed E-state index contributed by atoms with van der Waals surface area (Å²) in [5.74, 6) is 0. The maximum atomic E-state index is 4.26. The Kier molecular flexibility index (Phi) is 3.96. The maximum Gasteiger partial charge on any atom is 0.0524 e. The van der Waals surface area contributed by atoms with E-state index < -0.39 is 0 Å². The van der Waals surface area contributed by atoms with Gasteiger partial charge in [-0.3, -0.25) is 4.68 Å². The zero-order valence-corrected chi connectivity index (χ0v) is 8.80. The minimum absolute atomic E-state index is 1.08. The molecule has 0 aliphatic carbocycles. The molecule has 1 rings (SSSR count). The molecule has 0 aliphatic heterocycles. The molecule has 0 saturated carbocycles. The SMILES string of the molecule is CCc1cnn(C)c1CCCNC. The number of nitrogens with one attached hydrogen (secondary N) is 1. The Balaban J connectivity index is 2.57. The summed E-state index contributed by atoms with van der Waals surface area (Å²) in [5.41, 5.74) is 2.77. The van der Waals surface area contributed by atoms with E-state index in [1.54, 1.807) is 0 Å². The first-order chi connectivity index (χ1) is 6.29. The molecule has 1 aromatic rings. The minimum Gasteiger partial charge on any atom is -0.320 e. The highest BCUT2D eigenvalue weighted by atomic mass is 15.3. The third-order valence-corrected chi connectivity index (χ3v) is 2.37. The molecule has 0 bridgehead atoms. The molecule has 1 aromatic heterocycles. The normalized spacial score (nSPS) is 10.7. The summed E-state index contributed by atoms with van der Waals surface area (Å²) in [7, 11) is 4.01. The van der Waals surface area contributed by atoms with Crippen LogP contribution in [-0.4, -0.2) is 23.4 Å². The topological polar surface area (TPSA) is 29.9 Å². The Bertz CT molecular complexity index is 253. The highest BCUT2D eigenvalue weighted by Gasteiger charge is 2.05. The van der Waals surface area contributed by atoms with Crippen LogP contribution < -0.4 is 5.32 Å². The first kappa shape index (κ1) is 10.3. The number of nitrogens with zero attached hydrogens (tertiary/aromatic N) is 2. The van der Waals surface area contributed by atoms with Gasteiger partial charge >= 0.3 is 0 Å². The van der Waals surface area contributed by atoms with Crippen LogP contribution in [-0.2, 0) is 19.9 Å². The molecular formula is C10H19N3. The van der Waals surface area contributed by atoms with Crippen molar-refractivity contribution in [1.29, 1.82) is 0 Å². The minimum atomic E-state index is 1.08. The van der Waals surface area contributed by atoms with Crippen LogP contribution in [0, 0.1) is 0 Å². The van der Waals surface area contributed by atoms with Crippen molar-refractivity contribution in [2.45, 2.75) is 26.2 Å². The van der Waals surface area contributed by atoms with Crippen LogP contribution in [0.3, 0.4) is 0 Å². The van der Waals surface area contributed by atoms with Crippen molar-refractivity contribution in [3.8, 4) is 0 Å². The molecular weight excluding hydrogens is 162 g/mol. The lowest BCUT2D eigenvalue weighted by Gasteiger charge is -2.04. The third-order valence-electron chi connectivity index (χ3n) is 2.37. The Labute approximate surface area is 80.1 Å². The molecule has 0 spiro atoms. The van der Waals surface area contributed by atoms with E-state index in [1.807, 2.05) is 25.0 Å². The largest absolute Gasteiger partial charge is 0.320 e. The molecule has 0 aliphatic rings. The molecule has 3 nitrogen and oxygen atoms in total. The van der Waals surface area contributed by atoms with E-state index in [0.29, 0.717) is 0 Å². The molecule has 74 valence electrons. The van der Waals surface area contributed by atoms with Crippen LogP contribution in [0.2, 0.25) is 0 Å². The van der Waals surface area contributed by atoms with Gasteiger partial charge in [-0.05, 0) is 38.4 Å². The van der Waals surface area contributed by atoms with E-state index in [4.69, 9.17) is 0 Å². The predicted octanol–water partition coefficient (Wildman–Crippen LogP) is 1.13. The number of hydrogen-bond donors (Lipinski definition) is 1. The zero-order chi connectivity index (χ0) is 9.68. The number of aryl methyl sites for hydroxylation is 2. The van der Waals surface area contributed by atoms with Crippen molar-refractivity contribution >= 4 is 0 Å². The maximum absolute atomic E-state index is 4.26. The summed E-state index contributed by atoms with van der Waals surface area (Å²) in [6.07, 6.45) is 5.38. The van der Waals surface area contributed by atoms with E-state index >= 15 is 0 Å². The predicted molar refractivity (Wildman–Crippen MR) is 54.8 cm³/mol. The van der Waals surface area contributed by atoms with Gasteiger partial charge in [0.25, 0.3) is 0 Å². The summed E-state index contributed by atoms with van der Waals surface area (Å²) in [5, 5.41) is 7.42. The van der Waals surface area contributed by atoms with Gasteiger partial charge in [0, 0.05) is 12.7 Å². The summed E-state index contributed by atoms with van der Waals surface area (Å²) < 4.78 is 1.99. The second kappa shape index (κ2) is 5.02. The first-order valence-corrected chi connectivity index (χ1v) is 4.94. The molecule has 0 aromatic carbocycles. The average Bonchev–Trinajstić information content (AvgIpc) is 2.48. The van der Waals surface area contributed by atoms with Crippen LogP contribution >= 0.6 is 0 Å². The molecule has 0 amide bonds. The Morgan fingerprint density at radius 3 is 2.92 bits per heavy atom.